The molecule has 106 valence electrons. The first-order chi connectivity index (χ1) is 9.27. The molecule has 0 spiro atoms. The van der Waals surface area contributed by atoms with Crippen LogP contribution in [0.15, 0.2) is 24.3 Å². The summed E-state index contributed by atoms with van der Waals surface area (Å²) in [6.07, 6.45) is -4.57. The quantitative estimate of drug-likeness (QED) is 0.793. The molecule has 1 aliphatic heterocycles. The van der Waals surface area contributed by atoms with E-state index in [2.05, 4.69) is 0 Å². The average Bonchev–Trinajstić information content (AvgIpc) is 2.67. The van der Waals surface area contributed by atoms with E-state index in [9.17, 15) is 27.6 Å². The largest absolute Gasteiger partial charge is 0.416 e. The predicted octanol–water partition coefficient (Wildman–Crippen LogP) is 0.902. The van der Waals surface area contributed by atoms with Crippen LogP contribution >= 0.6 is 0 Å². The summed E-state index contributed by atoms with van der Waals surface area (Å²) in [5.74, 6) is -1.53. The number of urea groups is 1. The minimum absolute atomic E-state index is 0.271. The second-order valence-corrected chi connectivity index (χ2v) is 3.96. The molecule has 2 N–H and O–H groups in total. The molecule has 6 nitrogen and oxygen atoms in total. The van der Waals surface area contributed by atoms with Gasteiger partial charge in [0.2, 0.25) is 5.91 Å². The van der Waals surface area contributed by atoms with Crippen LogP contribution in [0.1, 0.15) is 15.9 Å². The zero-order chi connectivity index (χ0) is 14.9. The smallest absolute Gasteiger partial charge is 0.275 e. The van der Waals surface area contributed by atoms with Gasteiger partial charge in [-0.15, -0.1) is 0 Å². The average molecular weight is 287 g/mol. The van der Waals surface area contributed by atoms with Crippen LogP contribution in [0, 0.1) is 0 Å². The van der Waals surface area contributed by atoms with E-state index in [1.807, 2.05) is 10.7 Å². The Hall–Kier alpha value is -2.58. The van der Waals surface area contributed by atoms with Crippen LogP contribution in [0.3, 0.4) is 0 Å². The van der Waals surface area contributed by atoms with E-state index in [4.69, 9.17) is 0 Å². The number of hydrazine groups is 1. The molecule has 0 aromatic heterocycles. The second-order valence-electron chi connectivity index (χ2n) is 3.96. The van der Waals surface area contributed by atoms with Gasteiger partial charge in [-0.25, -0.2) is 9.80 Å². The lowest BCUT2D eigenvalue weighted by Gasteiger charge is -2.15. The summed E-state index contributed by atoms with van der Waals surface area (Å²) >= 11 is 0. The third-order valence-electron chi connectivity index (χ3n) is 2.48. The molecule has 0 unspecified atom stereocenters. The molecule has 0 aliphatic carbocycles. The standard InChI is InChI=1S/C11H8F3N3O3/c12-11(13,14)7-3-1-2-6(4-7)9(19)16-17-5-8(18)15-10(17)20/h1-4H,5H2,(H,16,19)(H,15,18,20). The number of carbonyl (C=O) groups is 3. The Kier molecular flexibility index (Phi) is 3.35. The minimum Gasteiger partial charge on any atom is -0.275 e. The Morgan fingerprint density at radius 3 is 2.55 bits per heavy atom. The Morgan fingerprint density at radius 1 is 1.30 bits per heavy atom. The lowest BCUT2D eigenvalue weighted by atomic mass is 10.1. The molecule has 0 radical (unpaired) electrons. The van der Waals surface area contributed by atoms with Gasteiger partial charge < -0.3 is 0 Å². The molecule has 1 heterocycles. The van der Waals surface area contributed by atoms with E-state index in [0.717, 1.165) is 12.1 Å². The van der Waals surface area contributed by atoms with Gasteiger partial charge in [0.15, 0.2) is 0 Å². The summed E-state index contributed by atoms with van der Waals surface area (Å²) in [4.78, 5) is 33.8. The zero-order valence-corrected chi connectivity index (χ0v) is 9.82. The van der Waals surface area contributed by atoms with Crippen molar-refractivity contribution >= 4 is 17.8 Å². The van der Waals surface area contributed by atoms with Crippen LogP contribution in [-0.4, -0.2) is 29.4 Å². The molecule has 20 heavy (non-hydrogen) atoms. The Balaban J connectivity index is 2.14. The van der Waals surface area contributed by atoms with Gasteiger partial charge in [0.25, 0.3) is 5.91 Å². The number of imide groups is 1. The van der Waals surface area contributed by atoms with E-state index in [1.54, 1.807) is 0 Å². The molecule has 1 aliphatic rings. The van der Waals surface area contributed by atoms with Gasteiger partial charge in [-0.1, -0.05) is 6.07 Å². The number of hydrogen-bond donors (Lipinski definition) is 2. The number of hydrogen-bond acceptors (Lipinski definition) is 3. The fourth-order valence-electron chi connectivity index (χ4n) is 1.56. The van der Waals surface area contributed by atoms with Crippen molar-refractivity contribution in [2.24, 2.45) is 0 Å². The molecule has 1 fully saturated rings. The Bertz CT molecular complexity index is 586. The minimum atomic E-state index is -4.57. The van der Waals surface area contributed by atoms with Crippen molar-refractivity contribution < 1.29 is 27.6 Å². The third kappa shape index (κ3) is 2.87. The maximum atomic E-state index is 12.5. The van der Waals surface area contributed by atoms with Gasteiger partial charge in [-0.2, -0.15) is 13.2 Å². The number of halogens is 3. The van der Waals surface area contributed by atoms with Crippen molar-refractivity contribution in [3.8, 4) is 0 Å². The van der Waals surface area contributed by atoms with Gasteiger partial charge >= 0.3 is 12.2 Å². The van der Waals surface area contributed by atoms with Crippen molar-refractivity contribution in [1.29, 1.82) is 0 Å². The Labute approximate surface area is 110 Å². The molecule has 0 saturated carbocycles. The maximum Gasteiger partial charge on any atom is 0.416 e. The summed E-state index contributed by atoms with van der Waals surface area (Å²) in [5.41, 5.74) is 0.797. The van der Waals surface area contributed by atoms with Crippen LogP contribution in [0.4, 0.5) is 18.0 Å². The number of amides is 4. The summed E-state index contributed by atoms with van der Waals surface area (Å²) in [6.45, 7) is -0.385. The molecule has 0 bridgehead atoms. The van der Waals surface area contributed by atoms with Crippen molar-refractivity contribution in [1.82, 2.24) is 15.8 Å². The summed E-state index contributed by atoms with van der Waals surface area (Å²) in [5, 5.41) is 2.60. The normalized spacial score (nSPS) is 15.2. The highest BCUT2D eigenvalue weighted by molar-refractivity contribution is 6.04. The van der Waals surface area contributed by atoms with E-state index < -0.39 is 29.6 Å². The number of rotatable bonds is 2. The van der Waals surface area contributed by atoms with Crippen LogP contribution in [0.2, 0.25) is 0 Å². The van der Waals surface area contributed by atoms with E-state index in [0.29, 0.717) is 11.1 Å². The first-order valence-electron chi connectivity index (χ1n) is 5.37. The highest BCUT2D eigenvalue weighted by atomic mass is 19.4. The van der Waals surface area contributed by atoms with Gasteiger partial charge in [0.1, 0.15) is 6.54 Å². The van der Waals surface area contributed by atoms with Crippen molar-refractivity contribution in [2.75, 3.05) is 6.54 Å². The monoisotopic (exact) mass is 287 g/mol. The number of carbonyl (C=O) groups excluding carboxylic acids is 3. The van der Waals surface area contributed by atoms with Gasteiger partial charge in [0, 0.05) is 5.56 Å². The van der Waals surface area contributed by atoms with E-state index in [1.165, 1.54) is 6.07 Å². The molecular formula is C11H8F3N3O3. The Morgan fingerprint density at radius 2 is 2.00 bits per heavy atom. The summed E-state index contributed by atoms with van der Waals surface area (Å²) < 4.78 is 37.5. The molecule has 1 aromatic rings. The SMILES string of the molecule is O=C1CN(NC(=O)c2cccc(C(F)(F)F)c2)C(=O)N1. The van der Waals surface area contributed by atoms with Crippen molar-refractivity contribution in [2.45, 2.75) is 6.18 Å². The molecule has 4 amide bonds. The molecule has 2 rings (SSSR count). The van der Waals surface area contributed by atoms with Gasteiger partial charge in [0.05, 0.1) is 5.56 Å². The number of nitrogens with zero attached hydrogens (tertiary/aromatic N) is 1. The molecule has 9 heteroatoms. The zero-order valence-electron chi connectivity index (χ0n) is 9.82. The first kappa shape index (κ1) is 13.8. The number of alkyl halides is 3. The lowest BCUT2D eigenvalue weighted by molar-refractivity contribution is -0.137. The highest BCUT2D eigenvalue weighted by Gasteiger charge is 2.32. The van der Waals surface area contributed by atoms with E-state index in [-0.39, 0.29) is 12.1 Å². The third-order valence-corrected chi connectivity index (χ3v) is 2.48. The van der Waals surface area contributed by atoms with Crippen LogP contribution in [0.25, 0.3) is 0 Å². The van der Waals surface area contributed by atoms with Crippen LogP contribution in [0.5, 0.6) is 0 Å². The lowest BCUT2D eigenvalue weighted by Crippen LogP contribution is -2.44. The fraction of sp³-hybridized carbons (Fsp3) is 0.182. The van der Waals surface area contributed by atoms with Gasteiger partial charge in [-0.3, -0.25) is 20.3 Å². The molecule has 0 atom stereocenters. The first-order valence-corrected chi connectivity index (χ1v) is 5.37. The number of benzene rings is 1. The highest BCUT2D eigenvalue weighted by Crippen LogP contribution is 2.29. The number of nitrogens with one attached hydrogen (secondary N) is 2. The van der Waals surface area contributed by atoms with Crippen molar-refractivity contribution in [3.05, 3.63) is 35.4 Å². The van der Waals surface area contributed by atoms with Crippen molar-refractivity contribution in [3.63, 3.8) is 0 Å². The van der Waals surface area contributed by atoms with E-state index >= 15 is 0 Å². The second kappa shape index (κ2) is 4.83. The molecule has 1 saturated heterocycles. The van der Waals surface area contributed by atoms with Crippen LogP contribution < -0.4 is 10.7 Å². The fourth-order valence-corrected chi connectivity index (χ4v) is 1.56. The van der Waals surface area contributed by atoms with Gasteiger partial charge in [-0.05, 0) is 18.2 Å². The maximum absolute atomic E-state index is 12.5. The van der Waals surface area contributed by atoms with Crippen LogP contribution in [-0.2, 0) is 11.0 Å². The molecule has 1 aromatic carbocycles. The summed E-state index contributed by atoms with van der Waals surface area (Å²) in [7, 11) is 0. The topological polar surface area (TPSA) is 78.5 Å². The molecular weight excluding hydrogens is 279 g/mol. The summed E-state index contributed by atoms with van der Waals surface area (Å²) in [6, 6.07) is 2.89. The predicted molar refractivity (Wildman–Crippen MR) is 59.2 cm³/mol.